The van der Waals surface area contributed by atoms with Crippen LogP contribution in [-0.2, 0) is 11.4 Å². The molecular formula is C10H12N2O. The standard InChI is InChI=1S/C10H12N2O/c1-12(8-7-11)13-9-10-5-3-2-4-6-10/h2-6H,8-9H2,1H3. The molecule has 3 nitrogen and oxygen atoms in total. The molecule has 0 aromatic heterocycles. The van der Waals surface area contributed by atoms with Gasteiger partial charge in [-0.05, 0) is 5.56 Å². The van der Waals surface area contributed by atoms with Crippen LogP contribution in [-0.4, -0.2) is 18.7 Å². The van der Waals surface area contributed by atoms with Gasteiger partial charge < -0.3 is 0 Å². The van der Waals surface area contributed by atoms with Crippen LogP contribution in [0.4, 0.5) is 0 Å². The molecule has 3 heteroatoms. The number of nitrogens with zero attached hydrogens (tertiary/aromatic N) is 2. The first kappa shape index (κ1) is 9.72. The van der Waals surface area contributed by atoms with Gasteiger partial charge in [-0.1, -0.05) is 30.3 Å². The number of rotatable bonds is 4. The van der Waals surface area contributed by atoms with Crippen LogP contribution in [0, 0.1) is 11.3 Å². The van der Waals surface area contributed by atoms with Gasteiger partial charge in [-0.2, -0.15) is 10.3 Å². The summed E-state index contributed by atoms with van der Waals surface area (Å²) in [5, 5.41) is 9.88. The Hall–Kier alpha value is -1.37. The number of nitriles is 1. The first-order valence-electron chi connectivity index (χ1n) is 4.08. The highest BCUT2D eigenvalue weighted by molar-refractivity contribution is 5.13. The predicted molar refractivity (Wildman–Crippen MR) is 49.5 cm³/mol. The van der Waals surface area contributed by atoms with Gasteiger partial charge >= 0.3 is 0 Å². The maximum atomic E-state index is 8.36. The van der Waals surface area contributed by atoms with Crippen molar-refractivity contribution in [1.29, 1.82) is 5.26 Å². The monoisotopic (exact) mass is 176 g/mol. The molecule has 0 radical (unpaired) electrons. The van der Waals surface area contributed by atoms with Crippen molar-refractivity contribution < 1.29 is 4.84 Å². The van der Waals surface area contributed by atoms with E-state index in [1.165, 1.54) is 5.06 Å². The SMILES string of the molecule is CN(CC#N)OCc1ccccc1. The molecule has 0 saturated carbocycles. The lowest BCUT2D eigenvalue weighted by atomic mass is 10.2. The first-order chi connectivity index (χ1) is 6.33. The molecule has 0 amide bonds. The van der Waals surface area contributed by atoms with E-state index < -0.39 is 0 Å². The van der Waals surface area contributed by atoms with Crippen LogP contribution in [0.3, 0.4) is 0 Å². The zero-order valence-electron chi connectivity index (χ0n) is 7.60. The van der Waals surface area contributed by atoms with Crippen molar-refractivity contribution in [3.63, 3.8) is 0 Å². The van der Waals surface area contributed by atoms with Crippen molar-refractivity contribution >= 4 is 0 Å². The average Bonchev–Trinajstić information content (AvgIpc) is 2.17. The molecule has 0 heterocycles. The van der Waals surface area contributed by atoms with E-state index in [1.54, 1.807) is 7.05 Å². The molecule has 0 aliphatic rings. The quantitative estimate of drug-likeness (QED) is 0.516. The van der Waals surface area contributed by atoms with Gasteiger partial charge in [-0.25, -0.2) is 0 Å². The molecule has 68 valence electrons. The van der Waals surface area contributed by atoms with Crippen molar-refractivity contribution in [2.45, 2.75) is 6.61 Å². The second-order valence-electron chi connectivity index (χ2n) is 2.70. The maximum absolute atomic E-state index is 8.36. The zero-order valence-corrected chi connectivity index (χ0v) is 7.60. The highest BCUT2D eigenvalue weighted by atomic mass is 16.7. The number of hydroxylamine groups is 2. The summed E-state index contributed by atoms with van der Waals surface area (Å²) in [7, 11) is 1.74. The molecule has 0 bridgehead atoms. The van der Waals surface area contributed by atoms with Crippen LogP contribution in [0.1, 0.15) is 5.56 Å². The van der Waals surface area contributed by atoms with Crippen molar-refractivity contribution in [1.82, 2.24) is 5.06 Å². The predicted octanol–water partition coefficient (Wildman–Crippen LogP) is 1.57. The lowest BCUT2D eigenvalue weighted by molar-refractivity contribution is -0.141. The molecular weight excluding hydrogens is 164 g/mol. The normalized spacial score (nSPS) is 9.92. The van der Waals surface area contributed by atoms with Gasteiger partial charge in [0.15, 0.2) is 0 Å². The van der Waals surface area contributed by atoms with Gasteiger partial charge in [-0.15, -0.1) is 0 Å². The minimum atomic E-state index is 0.285. The van der Waals surface area contributed by atoms with Gasteiger partial charge in [0.1, 0.15) is 6.54 Å². The molecule has 0 aliphatic carbocycles. The molecule has 0 fully saturated rings. The van der Waals surface area contributed by atoms with Crippen molar-refractivity contribution in [3.8, 4) is 6.07 Å². The summed E-state index contributed by atoms with van der Waals surface area (Å²) in [5.41, 5.74) is 1.10. The molecule has 0 N–H and O–H groups in total. The highest BCUT2D eigenvalue weighted by Gasteiger charge is 1.96. The third-order valence-corrected chi connectivity index (χ3v) is 1.59. The molecule has 0 unspecified atom stereocenters. The van der Waals surface area contributed by atoms with Gasteiger partial charge in [-0.3, -0.25) is 4.84 Å². The first-order valence-corrected chi connectivity index (χ1v) is 4.08. The van der Waals surface area contributed by atoms with Crippen LogP contribution < -0.4 is 0 Å². The molecule has 0 aliphatic heterocycles. The summed E-state index contributed by atoms with van der Waals surface area (Å²) in [6.07, 6.45) is 0. The molecule has 1 rings (SSSR count). The van der Waals surface area contributed by atoms with E-state index in [1.807, 2.05) is 36.4 Å². The number of benzene rings is 1. The second kappa shape index (κ2) is 5.31. The Balaban J connectivity index is 2.32. The highest BCUT2D eigenvalue weighted by Crippen LogP contribution is 2.01. The molecule has 0 atom stereocenters. The van der Waals surface area contributed by atoms with E-state index in [2.05, 4.69) is 0 Å². The van der Waals surface area contributed by atoms with E-state index in [9.17, 15) is 0 Å². The molecule has 1 aromatic rings. The smallest absolute Gasteiger partial charge is 0.111 e. The molecule has 0 spiro atoms. The second-order valence-corrected chi connectivity index (χ2v) is 2.70. The van der Waals surface area contributed by atoms with E-state index in [0.29, 0.717) is 6.61 Å². The van der Waals surface area contributed by atoms with E-state index in [0.717, 1.165) is 5.56 Å². The average molecular weight is 176 g/mol. The Kier molecular flexibility index (Phi) is 3.97. The summed E-state index contributed by atoms with van der Waals surface area (Å²) in [5.74, 6) is 0. The minimum absolute atomic E-state index is 0.285. The zero-order chi connectivity index (χ0) is 9.52. The summed E-state index contributed by atoms with van der Waals surface area (Å²) in [4.78, 5) is 5.28. The molecule has 0 saturated heterocycles. The van der Waals surface area contributed by atoms with E-state index in [-0.39, 0.29) is 6.54 Å². The Bertz CT molecular complexity index is 279. The van der Waals surface area contributed by atoms with Crippen molar-refractivity contribution in [3.05, 3.63) is 35.9 Å². The number of hydrogen-bond donors (Lipinski definition) is 0. The van der Waals surface area contributed by atoms with Crippen LogP contribution in [0.2, 0.25) is 0 Å². The fourth-order valence-electron chi connectivity index (χ4n) is 0.904. The van der Waals surface area contributed by atoms with Gasteiger partial charge in [0.05, 0.1) is 12.7 Å². The van der Waals surface area contributed by atoms with Crippen molar-refractivity contribution in [2.24, 2.45) is 0 Å². The minimum Gasteiger partial charge on any atom is -0.294 e. The maximum Gasteiger partial charge on any atom is 0.111 e. The van der Waals surface area contributed by atoms with Gasteiger partial charge in [0.25, 0.3) is 0 Å². The summed E-state index contributed by atoms with van der Waals surface area (Å²) < 4.78 is 0. The van der Waals surface area contributed by atoms with Crippen molar-refractivity contribution in [2.75, 3.05) is 13.6 Å². The third-order valence-electron chi connectivity index (χ3n) is 1.59. The Morgan fingerprint density at radius 3 is 2.69 bits per heavy atom. The van der Waals surface area contributed by atoms with Crippen LogP contribution >= 0.6 is 0 Å². The lowest BCUT2D eigenvalue weighted by Crippen LogP contribution is -2.18. The Labute approximate surface area is 78.1 Å². The topological polar surface area (TPSA) is 36.3 Å². The summed E-state index contributed by atoms with van der Waals surface area (Å²) >= 11 is 0. The summed E-state index contributed by atoms with van der Waals surface area (Å²) in [6, 6.07) is 11.9. The van der Waals surface area contributed by atoms with Crippen LogP contribution in [0.15, 0.2) is 30.3 Å². The Morgan fingerprint density at radius 1 is 1.38 bits per heavy atom. The van der Waals surface area contributed by atoms with Gasteiger partial charge in [0, 0.05) is 7.05 Å². The van der Waals surface area contributed by atoms with E-state index in [4.69, 9.17) is 10.1 Å². The largest absolute Gasteiger partial charge is 0.294 e. The van der Waals surface area contributed by atoms with Gasteiger partial charge in [0.2, 0.25) is 0 Å². The van der Waals surface area contributed by atoms with Crippen LogP contribution in [0.5, 0.6) is 0 Å². The lowest BCUT2D eigenvalue weighted by Gasteiger charge is -2.12. The fraction of sp³-hybridized carbons (Fsp3) is 0.300. The van der Waals surface area contributed by atoms with E-state index >= 15 is 0 Å². The van der Waals surface area contributed by atoms with Crippen LogP contribution in [0.25, 0.3) is 0 Å². The fourth-order valence-corrected chi connectivity index (χ4v) is 0.904. The Morgan fingerprint density at radius 2 is 2.08 bits per heavy atom. The summed E-state index contributed by atoms with van der Waals surface area (Å²) in [6.45, 7) is 0.797. The third kappa shape index (κ3) is 3.70. The molecule has 1 aromatic carbocycles. The number of hydrogen-bond acceptors (Lipinski definition) is 3. The molecule has 13 heavy (non-hydrogen) atoms.